The second-order valence-electron chi connectivity index (χ2n) is 4.14. The first-order valence-corrected chi connectivity index (χ1v) is 8.23. The maximum Gasteiger partial charge on any atom is 0.186 e. The fourth-order valence-corrected chi connectivity index (χ4v) is 2.18. The van der Waals surface area contributed by atoms with Gasteiger partial charge in [-0.3, -0.25) is 14.7 Å². The third kappa shape index (κ3) is 7.40. The molecular formula is C16H16FNO2S2. The smallest absolute Gasteiger partial charge is 0.186 e. The van der Waals surface area contributed by atoms with Crippen LogP contribution in [0.3, 0.4) is 0 Å². The summed E-state index contributed by atoms with van der Waals surface area (Å²) in [4.78, 5) is 23.1. The van der Waals surface area contributed by atoms with Crippen molar-refractivity contribution in [3.05, 3.63) is 66.0 Å². The van der Waals surface area contributed by atoms with Crippen LogP contribution in [0.4, 0.5) is 4.39 Å². The molecule has 116 valence electrons. The summed E-state index contributed by atoms with van der Waals surface area (Å²) in [7, 11) is 0. The van der Waals surface area contributed by atoms with E-state index < -0.39 is 0 Å². The number of thioether (sulfide) groups is 1. The van der Waals surface area contributed by atoms with Crippen molar-refractivity contribution in [1.29, 1.82) is 0 Å². The van der Waals surface area contributed by atoms with E-state index in [1.165, 1.54) is 19.1 Å². The van der Waals surface area contributed by atoms with Crippen LogP contribution in [0.5, 0.6) is 0 Å². The molecule has 0 amide bonds. The van der Waals surface area contributed by atoms with E-state index in [1.54, 1.807) is 42.5 Å². The first kappa shape index (κ1) is 18.4. The van der Waals surface area contributed by atoms with Gasteiger partial charge in [0.1, 0.15) is 5.82 Å². The Morgan fingerprint density at radius 1 is 1.05 bits per heavy atom. The third-order valence-corrected chi connectivity index (χ3v) is 3.81. The molecule has 0 spiro atoms. The van der Waals surface area contributed by atoms with Gasteiger partial charge in [-0.25, -0.2) is 4.39 Å². The summed E-state index contributed by atoms with van der Waals surface area (Å²) in [5, 5.41) is 5.31. The second-order valence-corrected chi connectivity index (χ2v) is 6.00. The lowest BCUT2D eigenvalue weighted by Gasteiger charge is -2.00. The predicted molar refractivity (Wildman–Crippen MR) is 90.4 cm³/mol. The van der Waals surface area contributed by atoms with Crippen LogP contribution < -0.4 is 5.14 Å². The van der Waals surface area contributed by atoms with Gasteiger partial charge in [-0.15, -0.1) is 0 Å². The lowest BCUT2D eigenvalue weighted by Crippen LogP contribution is -2.03. The van der Waals surface area contributed by atoms with Crippen LogP contribution in [-0.2, 0) is 4.79 Å². The molecule has 0 saturated carbocycles. The number of carbonyl (C=O) groups is 2. The highest BCUT2D eigenvalue weighted by Crippen LogP contribution is 2.14. The molecule has 0 aliphatic heterocycles. The average Bonchev–Trinajstić information content (AvgIpc) is 2.54. The Hall–Kier alpha value is -1.63. The SMILES string of the molecule is CC(=O)SCC(=O)c1ccc(SN)cc1.Fc1ccccc1. The van der Waals surface area contributed by atoms with Crippen LogP contribution in [0.15, 0.2) is 59.5 Å². The number of hydrogen-bond acceptors (Lipinski definition) is 5. The monoisotopic (exact) mass is 337 g/mol. The van der Waals surface area contributed by atoms with Gasteiger partial charge >= 0.3 is 0 Å². The van der Waals surface area contributed by atoms with Gasteiger partial charge in [-0.05, 0) is 36.2 Å². The molecule has 0 atom stereocenters. The summed E-state index contributed by atoms with van der Waals surface area (Å²) < 4.78 is 11.9. The van der Waals surface area contributed by atoms with Crippen LogP contribution >= 0.6 is 23.7 Å². The van der Waals surface area contributed by atoms with Gasteiger partial charge < -0.3 is 0 Å². The third-order valence-electron chi connectivity index (χ3n) is 2.45. The molecule has 0 radical (unpaired) electrons. The summed E-state index contributed by atoms with van der Waals surface area (Å²) in [6.07, 6.45) is 0. The molecule has 2 aromatic rings. The van der Waals surface area contributed by atoms with Crippen molar-refractivity contribution in [2.75, 3.05) is 5.75 Å². The maximum atomic E-state index is 11.9. The minimum Gasteiger partial charge on any atom is -0.293 e. The fourth-order valence-electron chi connectivity index (χ4n) is 1.38. The summed E-state index contributed by atoms with van der Waals surface area (Å²) in [5.74, 6) is -0.0176. The van der Waals surface area contributed by atoms with E-state index >= 15 is 0 Å². The Bertz CT molecular complexity index is 603. The molecule has 3 nitrogen and oxygen atoms in total. The molecule has 0 bridgehead atoms. The van der Waals surface area contributed by atoms with E-state index in [9.17, 15) is 14.0 Å². The Balaban J connectivity index is 0.000000287. The van der Waals surface area contributed by atoms with Gasteiger partial charge in [0.05, 0.1) is 5.75 Å². The van der Waals surface area contributed by atoms with E-state index in [2.05, 4.69) is 0 Å². The Morgan fingerprint density at radius 3 is 2.05 bits per heavy atom. The number of Topliss-reactive ketones (excluding diaryl/α,β-unsaturated/α-hetero) is 1. The van der Waals surface area contributed by atoms with E-state index in [4.69, 9.17) is 5.14 Å². The van der Waals surface area contributed by atoms with Gasteiger partial charge in [-0.2, -0.15) is 0 Å². The van der Waals surface area contributed by atoms with Gasteiger partial charge in [0.2, 0.25) is 0 Å². The highest BCUT2D eigenvalue weighted by atomic mass is 32.2. The quantitative estimate of drug-likeness (QED) is 0.676. The van der Waals surface area contributed by atoms with Crippen LogP contribution in [0.25, 0.3) is 0 Å². The summed E-state index contributed by atoms with van der Waals surface area (Å²) in [5.41, 5.74) is 0.613. The normalized spacial score (nSPS) is 9.59. The van der Waals surface area contributed by atoms with Crippen LogP contribution in [0, 0.1) is 5.82 Å². The number of hydrogen-bond donors (Lipinski definition) is 1. The van der Waals surface area contributed by atoms with Crippen molar-refractivity contribution in [1.82, 2.24) is 0 Å². The zero-order chi connectivity index (χ0) is 16.4. The molecule has 0 aliphatic rings. The van der Waals surface area contributed by atoms with E-state index in [0.29, 0.717) is 5.56 Å². The summed E-state index contributed by atoms with van der Waals surface area (Å²) in [6.45, 7) is 1.45. The summed E-state index contributed by atoms with van der Waals surface area (Å²) in [6, 6.07) is 15.0. The Labute approximate surface area is 137 Å². The molecule has 0 aliphatic carbocycles. The second kappa shape index (κ2) is 10.2. The molecule has 0 unspecified atom stereocenters. The first-order chi connectivity index (χ1) is 10.5. The topological polar surface area (TPSA) is 60.2 Å². The highest BCUT2D eigenvalue weighted by molar-refractivity contribution is 8.14. The number of halogens is 1. The van der Waals surface area contributed by atoms with Gasteiger partial charge in [-0.1, -0.05) is 42.1 Å². The zero-order valence-electron chi connectivity index (χ0n) is 12.0. The van der Waals surface area contributed by atoms with Crippen molar-refractivity contribution in [2.45, 2.75) is 11.8 Å². The molecule has 2 N–H and O–H groups in total. The largest absolute Gasteiger partial charge is 0.293 e. The Morgan fingerprint density at radius 2 is 1.64 bits per heavy atom. The van der Waals surface area contributed by atoms with E-state index in [0.717, 1.165) is 28.6 Å². The van der Waals surface area contributed by atoms with Crippen LogP contribution in [-0.4, -0.2) is 16.7 Å². The number of nitrogens with two attached hydrogens (primary N) is 1. The minimum atomic E-state index is -0.178. The van der Waals surface area contributed by atoms with E-state index in [1.807, 2.05) is 0 Å². The molecule has 0 heterocycles. The van der Waals surface area contributed by atoms with Crippen molar-refractivity contribution >= 4 is 34.6 Å². The highest BCUT2D eigenvalue weighted by Gasteiger charge is 2.07. The summed E-state index contributed by atoms with van der Waals surface area (Å²) >= 11 is 2.16. The Kier molecular flexibility index (Phi) is 8.50. The van der Waals surface area contributed by atoms with E-state index in [-0.39, 0.29) is 22.5 Å². The van der Waals surface area contributed by atoms with Crippen molar-refractivity contribution in [3.63, 3.8) is 0 Å². The molecule has 2 aromatic carbocycles. The predicted octanol–water partition coefficient (Wildman–Crippen LogP) is 3.94. The lowest BCUT2D eigenvalue weighted by atomic mass is 10.1. The van der Waals surface area contributed by atoms with Crippen LogP contribution in [0.1, 0.15) is 17.3 Å². The zero-order valence-corrected chi connectivity index (χ0v) is 13.6. The number of rotatable bonds is 4. The molecule has 6 heteroatoms. The molecule has 22 heavy (non-hydrogen) atoms. The molecule has 0 fully saturated rings. The van der Waals surface area contributed by atoms with Gasteiger partial charge in [0.15, 0.2) is 10.9 Å². The van der Waals surface area contributed by atoms with Gasteiger partial charge in [0, 0.05) is 17.4 Å². The molecular weight excluding hydrogens is 321 g/mol. The maximum absolute atomic E-state index is 11.9. The number of carbonyl (C=O) groups excluding carboxylic acids is 2. The molecule has 0 aromatic heterocycles. The fraction of sp³-hybridized carbons (Fsp3) is 0.125. The first-order valence-electron chi connectivity index (χ1n) is 6.37. The molecule has 0 saturated heterocycles. The standard InChI is InChI=1S/C10H11NO2S2.C6H5F/c1-7(12)14-6-10(13)8-2-4-9(15-11)5-3-8;7-6-4-2-1-3-5-6/h2-5H,6,11H2,1H3;1-5H. The number of ketones is 1. The average molecular weight is 337 g/mol. The number of benzene rings is 2. The van der Waals surface area contributed by atoms with Crippen molar-refractivity contribution < 1.29 is 14.0 Å². The van der Waals surface area contributed by atoms with Crippen LogP contribution in [0.2, 0.25) is 0 Å². The van der Waals surface area contributed by atoms with Gasteiger partial charge in [0.25, 0.3) is 0 Å². The van der Waals surface area contributed by atoms with Crippen molar-refractivity contribution in [3.8, 4) is 0 Å². The minimum absolute atomic E-state index is 0.0382. The van der Waals surface area contributed by atoms with Crippen molar-refractivity contribution in [2.24, 2.45) is 5.14 Å². The molecule has 2 rings (SSSR count). The lowest BCUT2D eigenvalue weighted by molar-refractivity contribution is -0.109.